The summed E-state index contributed by atoms with van der Waals surface area (Å²) in [6.45, 7) is 3.70. The first kappa shape index (κ1) is 17.3. The van der Waals surface area contributed by atoms with Gasteiger partial charge in [0.2, 0.25) is 11.8 Å². The molecule has 0 unspecified atom stereocenters. The van der Waals surface area contributed by atoms with E-state index in [1.807, 2.05) is 4.90 Å². The van der Waals surface area contributed by atoms with Gasteiger partial charge in [-0.25, -0.2) is 4.98 Å². The number of halogens is 3. The quantitative estimate of drug-likeness (QED) is 0.828. The molecule has 1 aliphatic carbocycles. The monoisotopic (exact) mass is 367 g/mol. The van der Waals surface area contributed by atoms with Crippen molar-refractivity contribution in [3.8, 4) is 0 Å². The van der Waals surface area contributed by atoms with Crippen LogP contribution in [0.2, 0.25) is 0 Å². The zero-order valence-corrected chi connectivity index (χ0v) is 14.2. The van der Waals surface area contributed by atoms with Gasteiger partial charge in [-0.1, -0.05) is 0 Å². The summed E-state index contributed by atoms with van der Waals surface area (Å²) >= 11 is 0. The Morgan fingerprint density at radius 3 is 2.62 bits per heavy atom. The Bertz CT molecular complexity index is 742. The summed E-state index contributed by atoms with van der Waals surface area (Å²) in [7, 11) is 0. The van der Waals surface area contributed by atoms with Crippen molar-refractivity contribution in [1.29, 1.82) is 0 Å². The number of rotatable bonds is 4. The van der Waals surface area contributed by atoms with E-state index in [9.17, 15) is 13.2 Å². The highest BCUT2D eigenvalue weighted by atomic mass is 19.4. The van der Waals surface area contributed by atoms with Gasteiger partial charge in [0.25, 0.3) is 0 Å². The first-order valence-corrected chi connectivity index (χ1v) is 8.82. The largest absolute Gasteiger partial charge is 0.424 e. The highest BCUT2D eigenvalue weighted by molar-refractivity contribution is 5.40. The molecule has 2 aromatic rings. The van der Waals surface area contributed by atoms with Crippen molar-refractivity contribution in [2.75, 3.05) is 31.1 Å². The van der Waals surface area contributed by atoms with E-state index in [4.69, 9.17) is 4.42 Å². The van der Waals surface area contributed by atoms with Crippen LogP contribution in [0.3, 0.4) is 0 Å². The first-order valence-electron chi connectivity index (χ1n) is 8.82. The Balaban J connectivity index is 1.35. The molecule has 0 amide bonds. The third kappa shape index (κ3) is 3.98. The van der Waals surface area contributed by atoms with Gasteiger partial charge < -0.3 is 9.32 Å². The summed E-state index contributed by atoms with van der Waals surface area (Å²) in [5, 5.41) is 8.22. The fourth-order valence-corrected chi connectivity index (χ4v) is 3.12. The minimum Gasteiger partial charge on any atom is -0.424 e. The van der Waals surface area contributed by atoms with Crippen molar-refractivity contribution in [2.45, 2.75) is 37.9 Å². The van der Waals surface area contributed by atoms with Crippen LogP contribution in [0.1, 0.15) is 42.5 Å². The standard InChI is InChI=1S/C17H20F3N5O/c18-17(19,20)13-4-5-14(21-10-13)25-7-1-6-24(8-9-25)11-15-22-23-16(26-15)12-2-3-12/h4-5,10,12H,1-3,6-9,11H2. The second-order valence-corrected chi connectivity index (χ2v) is 6.83. The van der Waals surface area contributed by atoms with Gasteiger partial charge in [0.05, 0.1) is 12.1 Å². The molecule has 4 rings (SSSR count). The predicted octanol–water partition coefficient (Wildman–Crippen LogP) is 3.07. The average molecular weight is 367 g/mol. The highest BCUT2D eigenvalue weighted by Crippen LogP contribution is 2.39. The molecule has 2 aromatic heterocycles. The van der Waals surface area contributed by atoms with E-state index in [0.717, 1.165) is 57.1 Å². The SMILES string of the molecule is FC(F)(F)c1ccc(N2CCCN(Cc3nnc(C4CC4)o3)CC2)nc1. The van der Waals surface area contributed by atoms with Crippen LogP contribution in [-0.2, 0) is 12.7 Å². The van der Waals surface area contributed by atoms with Gasteiger partial charge >= 0.3 is 6.18 Å². The molecular weight excluding hydrogens is 347 g/mol. The Labute approximate surface area is 149 Å². The van der Waals surface area contributed by atoms with Crippen LogP contribution in [0.4, 0.5) is 19.0 Å². The van der Waals surface area contributed by atoms with Gasteiger partial charge in [-0.05, 0) is 31.4 Å². The summed E-state index contributed by atoms with van der Waals surface area (Å²) in [4.78, 5) is 8.24. The maximum atomic E-state index is 12.7. The molecule has 0 spiro atoms. The Hall–Kier alpha value is -2.16. The van der Waals surface area contributed by atoms with Gasteiger partial charge in [0, 0.05) is 38.3 Å². The van der Waals surface area contributed by atoms with Crippen LogP contribution in [0.15, 0.2) is 22.7 Å². The molecule has 1 saturated carbocycles. The number of hydrogen-bond donors (Lipinski definition) is 0. The third-order valence-electron chi connectivity index (χ3n) is 4.76. The van der Waals surface area contributed by atoms with Crippen molar-refractivity contribution in [2.24, 2.45) is 0 Å². The summed E-state index contributed by atoms with van der Waals surface area (Å²) < 4.78 is 43.7. The van der Waals surface area contributed by atoms with E-state index < -0.39 is 11.7 Å². The van der Waals surface area contributed by atoms with Crippen molar-refractivity contribution in [1.82, 2.24) is 20.1 Å². The van der Waals surface area contributed by atoms with Crippen LogP contribution >= 0.6 is 0 Å². The number of pyridine rings is 1. The second-order valence-electron chi connectivity index (χ2n) is 6.83. The summed E-state index contributed by atoms with van der Waals surface area (Å²) in [5.41, 5.74) is -0.722. The van der Waals surface area contributed by atoms with E-state index in [0.29, 0.717) is 30.7 Å². The van der Waals surface area contributed by atoms with Crippen molar-refractivity contribution < 1.29 is 17.6 Å². The van der Waals surface area contributed by atoms with Gasteiger partial charge in [-0.15, -0.1) is 10.2 Å². The molecule has 1 aliphatic heterocycles. The molecule has 2 aliphatic rings. The molecule has 0 atom stereocenters. The third-order valence-corrected chi connectivity index (χ3v) is 4.76. The lowest BCUT2D eigenvalue weighted by molar-refractivity contribution is -0.137. The topological polar surface area (TPSA) is 58.3 Å². The molecule has 26 heavy (non-hydrogen) atoms. The number of aromatic nitrogens is 3. The minimum atomic E-state index is -4.36. The van der Waals surface area contributed by atoms with E-state index in [-0.39, 0.29) is 0 Å². The molecule has 2 fully saturated rings. The fraction of sp³-hybridized carbons (Fsp3) is 0.588. The zero-order valence-electron chi connectivity index (χ0n) is 14.2. The van der Waals surface area contributed by atoms with Crippen LogP contribution in [0.5, 0.6) is 0 Å². The lowest BCUT2D eigenvalue weighted by atomic mass is 10.2. The Kier molecular flexibility index (Phi) is 4.56. The molecular formula is C17H20F3N5O. The number of alkyl halides is 3. The predicted molar refractivity (Wildman–Crippen MR) is 87.6 cm³/mol. The second kappa shape index (κ2) is 6.86. The summed E-state index contributed by atoms with van der Waals surface area (Å²) in [6, 6.07) is 2.53. The Morgan fingerprint density at radius 2 is 1.92 bits per heavy atom. The van der Waals surface area contributed by atoms with Crippen LogP contribution in [-0.4, -0.2) is 46.3 Å². The molecule has 9 heteroatoms. The van der Waals surface area contributed by atoms with E-state index in [2.05, 4.69) is 20.1 Å². The molecule has 140 valence electrons. The van der Waals surface area contributed by atoms with Crippen LogP contribution < -0.4 is 4.90 Å². The Morgan fingerprint density at radius 1 is 1.08 bits per heavy atom. The first-order chi connectivity index (χ1) is 12.5. The molecule has 0 N–H and O–H groups in total. The van der Waals surface area contributed by atoms with E-state index >= 15 is 0 Å². The smallest absolute Gasteiger partial charge is 0.417 e. The van der Waals surface area contributed by atoms with Crippen LogP contribution in [0.25, 0.3) is 0 Å². The van der Waals surface area contributed by atoms with E-state index in [1.54, 1.807) is 0 Å². The zero-order chi connectivity index (χ0) is 18.1. The van der Waals surface area contributed by atoms with Gasteiger partial charge in [-0.3, -0.25) is 4.90 Å². The molecule has 3 heterocycles. The minimum absolute atomic E-state index is 0.446. The lowest BCUT2D eigenvalue weighted by Crippen LogP contribution is -2.31. The summed E-state index contributed by atoms with van der Waals surface area (Å²) in [5.74, 6) is 2.40. The lowest BCUT2D eigenvalue weighted by Gasteiger charge is -2.22. The number of nitrogens with zero attached hydrogens (tertiary/aromatic N) is 5. The highest BCUT2D eigenvalue weighted by Gasteiger charge is 2.31. The fourth-order valence-electron chi connectivity index (χ4n) is 3.12. The van der Waals surface area contributed by atoms with Gasteiger partial charge in [0.15, 0.2) is 0 Å². The summed E-state index contributed by atoms with van der Waals surface area (Å²) in [6.07, 6.45) is -0.312. The molecule has 6 nitrogen and oxygen atoms in total. The molecule has 0 bridgehead atoms. The van der Waals surface area contributed by atoms with Crippen molar-refractivity contribution >= 4 is 5.82 Å². The molecule has 0 radical (unpaired) electrons. The van der Waals surface area contributed by atoms with Crippen LogP contribution in [0, 0.1) is 0 Å². The average Bonchev–Trinajstić information content (AvgIpc) is 3.39. The van der Waals surface area contributed by atoms with Crippen molar-refractivity contribution in [3.05, 3.63) is 35.7 Å². The molecule has 0 aromatic carbocycles. The van der Waals surface area contributed by atoms with Crippen molar-refractivity contribution in [3.63, 3.8) is 0 Å². The molecule has 1 saturated heterocycles. The maximum absolute atomic E-state index is 12.7. The van der Waals surface area contributed by atoms with Gasteiger partial charge in [-0.2, -0.15) is 13.2 Å². The normalized spacial score (nSPS) is 19.6. The number of anilines is 1. The number of hydrogen-bond acceptors (Lipinski definition) is 6. The van der Waals surface area contributed by atoms with Gasteiger partial charge in [0.1, 0.15) is 5.82 Å². The maximum Gasteiger partial charge on any atom is 0.417 e. The van der Waals surface area contributed by atoms with E-state index in [1.165, 1.54) is 6.07 Å².